The molecule has 0 fully saturated rings. The lowest BCUT2D eigenvalue weighted by molar-refractivity contribution is -0.139. The van der Waals surface area contributed by atoms with Crippen molar-refractivity contribution in [2.75, 3.05) is 0 Å². The Kier molecular flexibility index (Phi) is 5.33. The average molecular weight is 322 g/mol. The lowest BCUT2D eigenvalue weighted by Crippen LogP contribution is -2.41. The molecule has 0 bridgehead atoms. The molecule has 0 radical (unpaired) electrons. The molecule has 10 heteroatoms. The summed E-state index contributed by atoms with van der Waals surface area (Å²) in [6, 6.07) is 0.192. The standard InChI is InChI=1S/C11H12F2N2O5S/c12-7-2-1-6(5-8(7)13)21(19,20)15-9(11(17)18)3-4-10(14)16/h1-2,5,9,15H,3-4H2,(H2,14,16)(H,17,18). The van der Waals surface area contributed by atoms with Crippen molar-refractivity contribution >= 4 is 21.9 Å². The number of hydrogen-bond acceptors (Lipinski definition) is 4. The molecular formula is C11H12F2N2O5S. The maximum Gasteiger partial charge on any atom is 0.321 e. The number of amides is 1. The van der Waals surface area contributed by atoms with Gasteiger partial charge in [0.15, 0.2) is 11.6 Å². The second-order valence-electron chi connectivity index (χ2n) is 4.09. The Morgan fingerprint density at radius 3 is 2.38 bits per heavy atom. The van der Waals surface area contributed by atoms with E-state index in [9.17, 15) is 26.8 Å². The molecule has 0 heterocycles. The van der Waals surface area contributed by atoms with Crippen molar-refractivity contribution in [2.45, 2.75) is 23.8 Å². The van der Waals surface area contributed by atoms with Gasteiger partial charge in [0.1, 0.15) is 6.04 Å². The van der Waals surface area contributed by atoms with Crippen LogP contribution in [0.1, 0.15) is 12.8 Å². The number of hydrogen-bond donors (Lipinski definition) is 3. The van der Waals surface area contributed by atoms with Crippen LogP contribution in [0.3, 0.4) is 0 Å². The van der Waals surface area contributed by atoms with Crippen LogP contribution in [0.15, 0.2) is 23.1 Å². The average Bonchev–Trinajstić information content (AvgIpc) is 2.37. The molecule has 4 N–H and O–H groups in total. The lowest BCUT2D eigenvalue weighted by Gasteiger charge is -2.14. The third-order valence-corrected chi connectivity index (χ3v) is 3.95. The van der Waals surface area contributed by atoms with Gasteiger partial charge in [-0.25, -0.2) is 17.2 Å². The first-order valence-corrected chi connectivity index (χ1v) is 7.10. The Morgan fingerprint density at radius 2 is 1.90 bits per heavy atom. The Labute approximate surface area is 118 Å². The first kappa shape index (κ1) is 17.0. The minimum Gasteiger partial charge on any atom is -0.480 e. The fourth-order valence-electron chi connectivity index (χ4n) is 1.42. The summed E-state index contributed by atoms with van der Waals surface area (Å²) in [5, 5.41) is 8.88. The Hall–Kier alpha value is -2.07. The van der Waals surface area contributed by atoms with Gasteiger partial charge in [-0.05, 0) is 24.6 Å². The van der Waals surface area contributed by atoms with Gasteiger partial charge in [-0.15, -0.1) is 0 Å². The van der Waals surface area contributed by atoms with E-state index in [2.05, 4.69) is 0 Å². The molecule has 7 nitrogen and oxygen atoms in total. The third-order valence-electron chi connectivity index (χ3n) is 2.48. The molecule has 0 saturated carbocycles. The maximum atomic E-state index is 13.0. The van der Waals surface area contributed by atoms with Crippen molar-refractivity contribution in [1.82, 2.24) is 4.72 Å². The van der Waals surface area contributed by atoms with Crippen LogP contribution in [0, 0.1) is 11.6 Å². The van der Waals surface area contributed by atoms with E-state index >= 15 is 0 Å². The van der Waals surface area contributed by atoms with Gasteiger partial charge in [-0.2, -0.15) is 4.72 Å². The highest BCUT2D eigenvalue weighted by atomic mass is 32.2. The van der Waals surface area contributed by atoms with Crippen LogP contribution in [0.2, 0.25) is 0 Å². The van der Waals surface area contributed by atoms with Crippen molar-refractivity contribution in [3.8, 4) is 0 Å². The van der Waals surface area contributed by atoms with Gasteiger partial charge in [0.25, 0.3) is 0 Å². The van der Waals surface area contributed by atoms with E-state index in [-0.39, 0.29) is 12.8 Å². The smallest absolute Gasteiger partial charge is 0.321 e. The molecule has 0 aliphatic rings. The molecule has 1 aromatic rings. The molecule has 1 atom stereocenters. The molecule has 1 rings (SSSR count). The number of carbonyl (C=O) groups excluding carboxylic acids is 1. The summed E-state index contributed by atoms with van der Waals surface area (Å²) in [4.78, 5) is 20.9. The van der Waals surface area contributed by atoms with Gasteiger partial charge in [0.05, 0.1) is 4.90 Å². The second-order valence-corrected chi connectivity index (χ2v) is 5.81. The lowest BCUT2D eigenvalue weighted by atomic mass is 10.2. The third kappa shape index (κ3) is 4.76. The van der Waals surface area contributed by atoms with Crippen LogP contribution in [0.5, 0.6) is 0 Å². The Morgan fingerprint density at radius 1 is 1.29 bits per heavy atom. The zero-order valence-electron chi connectivity index (χ0n) is 10.5. The maximum absolute atomic E-state index is 13.0. The minimum atomic E-state index is -4.38. The topological polar surface area (TPSA) is 127 Å². The zero-order valence-corrected chi connectivity index (χ0v) is 11.4. The van der Waals surface area contributed by atoms with Crippen LogP contribution in [0.4, 0.5) is 8.78 Å². The van der Waals surface area contributed by atoms with Crippen molar-refractivity contribution < 1.29 is 31.9 Å². The fraction of sp³-hybridized carbons (Fsp3) is 0.273. The Balaban J connectivity index is 2.97. The second kappa shape index (κ2) is 6.59. The molecule has 0 aliphatic heterocycles. The molecule has 0 aliphatic carbocycles. The number of carboxylic acids is 1. The van der Waals surface area contributed by atoms with E-state index in [1.165, 1.54) is 0 Å². The quantitative estimate of drug-likeness (QED) is 0.649. The fourth-order valence-corrected chi connectivity index (χ4v) is 2.65. The van der Waals surface area contributed by atoms with E-state index in [4.69, 9.17) is 10.8 Å². The summed E-state index contributed by atoms with van der Waals surface area (Å²) in [7, 11) is -4.38. The normalized spacial score (nSPS) is 12.9. The predicted molar refractivity (Wildman–Crippen MR) is 66.5 cm³/mol. The van der Waals surface area contributed by atoms with E-state index in [0.717, 1.165) is 6.07 Å². The van der Waals surface area contributed by atoms with Crippen molar-refractivity contribution in [1.29, 1.82) is 0 Å². The molecule has 1 aromatic carbocycles. The van der Waals surface area contributed by atoms with Crippen LogP contribution < -0.4 is 10.5 Å². The minimum absolute atomic E-state index is 0.350. The Bertz CT molecular complexity index is 663. The van der Waals surface area contributed by atoms with Gasteiger partial charge in [0.2, 0.25) is 15.9 Å². The number of halogens is 2. The van der Waals surface area contributed by atoms with Crippen LogP contribution in [0.25, 0.3) is 0 Å². The monoisotopic (exact) mass is 322 g/mol. The summed E-state index contributed by atoms with van der Waals surface area (Å²) >= 11 is 0. The highest BCUT2D eigenvalue weighted by Gasteiger charge is 2.26. The van der Waals surface area contributed by atoms with E-state index in [0.29, 0.717) is 12.1 Å². The predicted octanol–water partition coefficient (Wildman–Crippen LogP) is -0.0382. The number of rotatable bonds is 7. The van der Waals surface area contributed by atoms with E-state index in [1.54, 1.807) is 4.72 Å². The number of sulfonamides is 1. The highest BCUT2D eigenvalue weighted by molar-refractivity contribution is 7.89. The SMILES string of the molecule is NC(=O)CCC(NS(=O)(=O)c1ccc(F)c(F)c1)C(=O)O. The number of nitrogens with one attached hydrogen (secondary N) is 1. The first-order valence-electron chi connectivity index (χ1n) is 5.62. The molecule has 0 saturated heterocycles. The number of carbonyl (C=O) groups is 2. The van der Waals surface area contributed by atoms with Gasteiger partial charge in [-0.3, -0.25) is 9.59 Å². The largest absolute Gasteiger partial charge is 0.480 e. The molecule has 0 spiro atoms. The van der Waals surface area contributed by atoms with Crippen LogP contribution in [-0.2, 0) is 19.6 Å². The van der Waals surface area contributed by atoms with Crippen molar-refractivity contribution in [3.05, 3.63) is 29.8 Å². The molecule has 116 valence electrons. The summed E-state index contributed by atoms with van der Waals surface area (Å²) in [6.07, 6.45) is -0.717. The van der Waals surface area contributed by atoms with Crippen molar-refractivity contribution in [3.63, 3.8) is 0 Å². The molecule has 21 heavy (non-hydrogen) atoms. The number of primary amides is 1. The van der Waals surface area contributed by atoms with Crippen LogP contribution >= 0.6 is 0 Å². The van der Waals surface area contributed by atoms with Gasteiger partial charge >= 0.3 is 5.97 Å². The van der Waals surface area contributed by atoms with E-state index in [1.807, 2.05) is 0 Å². The number of benzene rings is 1. The molecule has 0 aromatic heterocycles. The number of nitrogens with two attached hydrogens (primary N) is 1. The molecule has 1 amide bonds. The van der Waals surface area contributed by atoms with E-state index < -0.39 is 44.5 Å². The number of aliphatic carboxylic acids is 1. The number of carboxylic acid groups (broad SMARTS) is 1. The first-order chi connectivity index (χ1) is 9.63. The summed E-state index contributed by atoms with van der Waals surface area (Å²) in [6.45, 7) is 0. The summed E-state index contributed by atoms with van der Waals surface area (Å²) < 4.78 is 51.3. The summed E-state index contributed by atoms with van der Waals surface area (Å²) in [5.74, 6) is -4.95. The van der Waals surface area contributed by atoms with Gasteiger partial charge in [0, 0.05) is 6.42 Å². The van der Waals surface area contributed by atoms with Gasteiger partial charge in [-0.1, -0.05) is 0 Å². The summed E-state index contributed by atoms with van der Waals surface area (Å²) in [5.41, 5.74) is 4.85. The highest BCUT2D eigenvalue weighted by Crippen LogP contribution is 2.14. The van der Waals surface area contributed by atoms with Gasteiger partial charge < -0.3 is 10.8 Å². The molecular weight excluding hydrogens is 310 g/mol. The zero-order chi connectivity index (χ0) is 16.2. The van der Waals surface area contributed by atoms with Crippen molar-refractivity contribution in [2.24, 2.45) is 5.73 Å². The molecule has 1 unspecified atom stereocenters. The van der Waals surface area contributed by atoms with Crippen LogP contribution in [-0.4, -0.2) is 31.4 Å².